The molecule has 0 saturated carbocycles. The number of carbonyl (C=O) groups excluding carboxylic acids is 1. The molecule has 14 heteroatoms. The van der Waals surface area contributed by atoms with E-state index in [1.54, 1.807) is 0 Å². The topological polar surface area (TPSA) is 17.1 Å². The van der Waals surface area contributed by atoms with Gasteiger partial charge < -0.3 is 0 Å². The van der Waals surface area contributed by atoms with Gasteiger partial charge >= 0.3 is 35.8 Å². The third-order valence-corrected chi connectivity index (χ3v) is 3.52. The molecule has 0 aliphatic carbocycles. The Bertz CT molecular complexity index is 759. The summed E-state index contributed by atoms with van der Waals surface area (Å²) in [7, 11) is 0. The van der Waals surface area contributed by atoms with Crippen molar-refractivity contribution in [2.45, 2.75) is 35.8 Å². The van der Waals surface area contributed by atoms with Crippen molar-refractivity contribution < 1.29 is 61.9 Å². The average Bonchev–Trinajstić information content (AvgIpc) is 2.58. The highest BCUT2D eigenvalue weighted by Gasteiger charge is 2.90. The van der Waals surface area contributed by atoms with Crippen molar-refractivity contribution in [2.24, 2.45) is 0 Å². The molecule has 164 valence electrons. The summed E-state index contributed by atoms with van der Waals surface area (Å²) in [5.41, 5.74) is -0.471. The van der Waals surface area contributed by atoms with Crippen molar-refractivity contribution >= 4 is 12.4 Å². The minimum atomic E-state index is -7.93. The molecule has 0 bridgehead atoms. The van der Waals surface area contributed by atoms with Crippen molar-refractivity contribution in [2.75, 3.05) is 0 Å². The van der Waals surface area contributed by atoms with E-state index in [0.717, 1.165) is 24.3 Å². The third kappa shape index (κ3) is 3.92. The van der Waals surface area contributed by atoms with Crippen LogP contribution in [0.25, 0.3) is 6.08 Å². The smallest absolute Gasteiger partial charge is 0.298 e. The number of carbonyl (C=O) groups is 1. The van der Waals surface area contributed by atoms with Gasteiger partial charge in [-0.25, -0.2) is 0 Å². The van der Waals surface area contributed by atoms with E-state index in [0.29, 0.717) is 0 Å². The van der Waals surface area contributed by atoms with Crippen LogP contribution >= 0.6 is 0 Å². The van der Waals surface area contributed by atoms with Gasteiger partial charge in [-0.05, 0) is 11.6 Å². The molecule has 0 radical (unpaired) electrons. The van der Waals surface area contributed by atoms with Gasteiger partial charge in [0.15, 0.2) is 0 Å². The lowest BCUT2D eigenvalue weighted by atomic mass is 9.93. The molecule has 0 amide bonds. The van der Waals surface area contributed by atoms with Gasteiger partial charge in [-0.15, -0.1) is 0 Å². The first-order valence-corrected chi connectivity index (χ1v) is 6.96. The molecule has 1 aromatic carbocycles. The zero-order chi connectivity index (χ0) is 23.1. The van der Waals surface area contributed by atoms with Crippen LogP contribution in [0.1, 0.15) is 15.9 Å². The number of rotatable bonds is 7. The number of aldehydes is 1. The highest BCUT2D eigenvalue weighted by Crippen LogP contribution is 2.60. The Kier molecular flexibility index (Phi) is 6.15. The SMILES string of the molecule is O=Cc1ccc(/C=C/C(F)(F)C(F)(F)C(F)(F)C(F)(F)C(F)(F)C(F)(F)F)cc1. The fourth-order valence-corrected chi connectivity index (χ4v) is 1.77. The maximum atomic E-state index is 13.5. The van der Waals surface area contributed by atoms with Crippen LogP contribution in [0.15, 0.2) is 30.3 Å². The largest absolute Gasteiger partial charge is 0.460 e. The molecule has 0 unspecified atom stereocenters. The second kappa shape index (κ2) is 7.20. The number of hydrogen-bond acceptors (Lipinski definition) is 1. The number of hydrogen-bond donors (Lipinski definition) is 0. The maximum Gasteiger partial charge on any atom is 0.460 e. The molecule has 1 nitrogen and oxygen atoms in total. The lowest BCUT2D eigenvalue weighted by Crippen LogP contribution is -2.69. The second-order valence-corrected chi connectivity index (χ2v) is 5.54. The minimum Gasteiger partial charge on any atom is -0.298 e. The zero-order valence-corrected chi connectivity index (χ0v) is 13.4. The van der Waals surface area contributed by atoms with E-state index in [2.05, 4.69) is 0 Å². The lowest BCUT2D eigenvalue weighted by Gasteiger charge is -2.39. The molecular formula is C15H7F13O. The fourth-order valence-electron chi connectivity index (χ4n) is 1.77. The third-order valence-electron chi connectivity index (χ3n) is 3.52. The molecule has 1 aromatic rings. The molecule has 0 N–H and O–H groups in total. The van der Waals surface area contributed by atoms with E-state index in [4.69, 9.17) is 0 Å². The van der Waals surface area contributed by atoms with Crippen LogP contribution in [-0.2, 0) is 0 Å². The Morgan fingerprint density at radius 1 is 0.552 bits per heavy atom. The number of halogens is 13. The maximum absolute atomic E-state index is 13.5. The van der Waals surface area contributed by atoms with E-state index in [-0.39, 0.29) is 17.9 Å². The highest BCUT2D eigenvalue weighted by atomic mass is 19.4. The van der Waals surface area contributed by atoms with E-state index in [1.807, 2.05) is 0 Å². The molecule has 0 aromatic heterocycles. The number of benzene rings is 1. The fraction of sp³-hybridized carbons (Fsp3) is 0.400. The Labute approximate surface area is 152 Å². The van der Waals surface area contributed by atoms with Gasteiger partial charge in [-0.3, -0.25) is 4.79 Å². The van der Waals surface area contributed by atoms with Gasteiger partial charge in [0.2, 0.25) is 0 Å². The lowest BCUT2D eigenvalue weighted by molar-refractivity contribution is -0.436. The van der Waals surface area contributed by atoms with Gasteiger partial charge in [-0.1, -0.05) is 30.3 Å². The summed E-state index contributed by atoms with van der Waals surface area (Å²) >= 11 is 0. The van der Waals surface area contributed by atoms with Crippen LogP contribution in [0.5, 0.6) is 0 Å². The minimum absolute atomic E-state index is 0.0153. The molecule has 0 aliphatic heterocycles. The van der Waals surface area contributed by atoms with Crippen molar-refractivity contribution in [3.8, 4) is 0 Å². The molecule has 0 heterocycles. The van der Waals surface area contributed by atoms with Crippen LogP contribution in [0.2, 0.25) is 0 Å². The van der Waals surface area contributed by atoms with Gasteiger partial charge in [0.1, 0.15) is 6.29 Å². The summed E-state index contributed by atoms with van der Waals surface area (Å²) in [4.78, 5) is 10.4. The standard InChI is InChI=1S/C15H7F13O/c16-10(17,6-5-8-1-3-9(7-29)4-2-8)11(18,19)12(20,21)13(22,23)14(24,25)15(26,27)28/h1-7H/b6-5+. The van der Waals surface area contributed by atoms with Crippen LogP contribution in [0, 0.1) is 0 Å². The predicted octanol–water partition coefficient (Wildman–Crippen LogP) is 6.25. The summed E-state index contributed by atoms with van der Waals surface area (Å²) in [6.07, 6.45) is -8.25. The normalized spacial score (nSPS) is 15.1. The van der Waals surface area contributed by atoms with Crippen molar-refractivity contribution in [3.63, 3.8) is 0 Å². The van der Waals surface area contributed by atoms with Crippen molar-refractivity contribution in [1.82, 2.24) is 0 Å². The summed E-state index contributed by atoms with van der Waals surface area (Å²) in [5, 5.41) is 0. The van der Waals surface area contributed by atoms with Crippen LogP contribution in [-0.4, -0.2) is 42.1 Å². The Balaban J connectivity index is 3.37. The van der Waals surface area contributed by atoms with Crippen LogP contribution in [0.3, 0.4) is 0 Å². The number of alkyl halides is 13. The Morgan fingerprint density at radius 2 is 0.931 bits per heavy atom. The highest BCUT2D eigenvalue weighted by molar-refractivity contribution is 5.75. The Morgan fingerprint density at radius 3 is 1.31 bits per heavy atom. The molecule has 0 spiro atoms. The molecule has 0 fully saturated rings. The van der Waals surface area contributed by atoms with E-state index < -0.39 is 47.4 Å². The number of allylic oxidation sites excluding steroid dienone is 1. The predicted molar refractivity (Wildman–Crippen MR) is 71.7 cm³/mol. The van der Waals surface area contributed by atoms with Gasteiger partial charge in [0, 0.05) is 5.56 Å². The Hall–Kier alpha value is -2.28. The first kappa shape index (κ1) is 24.8. The summed E-state index contributed by atoms with van der Waals surface area (Å²) in [6.45, 7) is 0. The molecule has 1 rings (SSSR count). The summed E-state index contributed by atoms with van der Waals surface area (Å²) < 4.78 is 168. The monoisotopic (exact) mass is 450 g/mol. The van der Waals surface area contributed by atoms with E-state index in [1.165, 1.54) is 0 Å². The first-order valence-electron chi connectivity index (χ1n) is 6.96. The first-order chi connectivity index (χ1) is 12.8. The second-order valence-electron chi connectivity index (χ2n) is 5.54. The average molecular weight is 450 g/mol. The molecular weight excluding hydrogens is 443 g/mol. The van der Waals surface area contributed by atoms with Crippen LogP contribution < -0.4 is 0 Å². The van der Waals surface area contributed by atoms with Gasteiger partial charge in [0.25, 0.3) is 0 Å². The molecule has 0 aliphatic rings. The van der Waals surface area contributed by atoms with Crippen molar-refractivity contribution in [3.05, 3.63) is 41.5 Å². The van der Waals surface area contributed by atoms with Gasteiger partial charge in [-0.2, -0.15) is 57.1 Å². The quantitative estimate of drug-likeness (QED) is 0.355. The van der Waals surface area contributed by atoms with Crippen molar-refractivity contribution in [1.29, 1.82) is 0 Å². The summed E-state index contributed by atoms with van der Waals surface area (Å²) in [6, 6.07) is 3.57. The molecule has 0 atom stereocenters. The zero-order valence-electron chi connectivity index (χ0n) is 13.4. The van der Waals surface area contributed by atoms with E-state index >= 15 is 0 Å². The van der Waals surface area contributed by atoms with E-state index in [9.17, 15) is 61.9 Å². The summed E-state index contributed by atoms with van der Waals surface area (Å²) in [5.74, 6) is -37.2. The molecule has 29 heavy (non-hydrogen) atoms. The van der Waals surface area contributed by atoms with Crippen LogP contribution in [0.4, 0.5) is 57.1 Å². The van der Waals surface area contributed by atoms with Gasteiger partial charge in [0.05, 0.1) is 0 Å². The molecule has 0 saturated heterocycles.